The fourth-order valence-electron chi connectivity index (χ4n) is 4.51. The van der Waals surface area contributed by atoms with E-state index in [0.29, 0.717) is 0 Å². The first-order valence-electron chi connectivity index (χ1n) is 14.1. The number of hydrogen-bond donors (Lipinski definition) is 0. The number of rotatable bonds is 26. The zero-order chi connectivity index (χ0) is 23.8. The molecule has 0 amide bonds. The average Bonchev–Trinajstić information content (AvgIpc) is 2.75. The normalized spacial score (nSPS) is 12.6. The third kappa shape index (κ3) is 31.5. The molecule has 0 radical (unpaired) electrons. The molecule has 194 valence electrons. The van der Waals surface area contributed by atoms with Gasteiger partial charge in [-0.3, -0.25) is 4.18 Å². The van der Waals surface area contributed by atoms with Crippen LogP contribution >= 0.6 is 0 Å². The van der Waals surface area contributed by atoms with Crippen LogP contribution in [0.1, 0.15) is 162 Å². The van der Waals surface area contributed by atoms with Crippen LogP contribution in [-0.4, -0.2) is 19.6 Å². The zero-order valence-electron chi connectivity index (χ0n) is 22.6. The molecule has 0 N–H and O–H groups in total. The Balaban J connectivity index is 0. The Morgan fingerprint density at radius 3 is 1.09 bits per heavy atom. The van der Waals surface area contributed by atoms with Crippen LogP contribution in [0, 0.1) is 5.92 Å². The van der Waals surface area contributed by atoms with Crippen LogP contribution in [0.4, 0.5) is 0 Å². The van der Waals surface area contributed by atoms with E-state index >= 15 is 0 Å². The summed E-state index contributed by atoms with van der Waals surface area (Å²) in [5.41, 5.74) is 0. The van der Waals surface area contributed by atoms with Gasteiger partial charge in [0.15, 0.2) is 0 Å². The molecular weight excluding hydrogens is 459 g/mol. The van der Waals surface area contributed by atoms with E-state index in [-0.39, 0.29) is 63.9 Å². The van der Waals surface area contributed by atoms with Crippen molar-refractivity contribution in [3.8, 4) is 0 Å². The van der Waals surface area contributed by atoms with Gasteiger partial charge >= 0.3 is 51.4 Å². The van der Waals surface area contributed by atoms with E-state index in [9.17, 15) is 13.0 Å². The Hall–Kier alpha value is 1.51. The van der Waals surface area contributed by atoms with Crippen molar-refractivity contribution < 1.29 is 68.5 Å². The molecule has 0 fully saturated rings. The number of unbranched alkanes of at least 4 members (excludes halogenated alkanes) is 19. The first kappa shape index (κ1) is 36.7. The number of hydrogen-bond acceptors (Lipinski definition) is 4. The SMILES string of the molecule is CCCCCCCCCCCCCCCCC(CCCCCCCCC)COS(=O)(=O)[O-].[K+]. The summed E-state index contributed by atoms with van der Waals surface area (Å²) in [5, 5.41) is 0. The first-order valence-corrected chi connectivity index (χ1v) is 15.4. The van der Waals surface area contributed by atoms with Crippen LogP contribution in [-0.2, 0) is 14.6 Å². The van der Waals surface area contributed by atoms with Gasteiger partial charge in [0, 0.05) is 0 Å². The molecule has 1 atom stereocenters. The van der Waals surface area contributed by atoms with Gasteiger partial charge in [-0.15, -0.1) is 0 Å². The smallest absolute Gasteiger partial charge is 0.726 e. The maximum Gasteiger partial charge on any atom is 1.00 e. The minimum atomic E-state index is -4.57. The van der Waals surface area contributed by atoms with Crippen molar-refractivity contribution in [3.63, 3.8) is 0 Å². The molecule has 0 saturated heterocycles. The van der Waals surface area contributed by atoms with E-state index in [1.54, 1.807) is 0 Å². The van der Waals surface area contributed by atoms with Crippen LogP contribution in [0.5, 0.6) is 0 Å². The summed E-state index contributed by atoms with van der Waals surface area (Å²) in [6.45, 7) is 4.57. The minimum absolute atomic E-state index is 0. The van der Waals surface area contributed by atoms with Crippen molar-refractivity contribution in [2.24, 2.45) is 5.92 Å². The largest absolute Gasteiger partial charge is 1.00 e. The van der Waals surface area contributed by atoms with Gasteiger partial charge in [0.05, 0.1) is 6.61 Å². The van der Waals surface area contributed by atoms with Crippen molar-refractivity contribution in [2.75, 3.05) is 6.61 Å². The summed E-state index contributed by atoms with van der Waals surface area (Å²) < 4.78 is 37.1. The summed E-state index contributed by atoms with van der Waals surface area (Å²) in [6.07, 6.45) is 29.5. The van der Waals surface area contributed by atoms with E-state index in [0.717, 1.165) is 25.7 Å². The van der Waals surface area contributed by atoms with E-state index in [1.165, 1.54) is 122 Å². The molecule has 0 aromatic carbocycles. The molecule has 1 unspecified atom stereocenters. The van der Waals surface area contributed by atoms with Gasteiger partial charge in [-0.2, -0.15) is 0 Å². The Morgan fingerprint density at radius 1 is 0.545 bits per heavy atom. The van der Waals surface area contributed by atoms with E-state index < -0.39 is 10.4 Å². The summed E-state index contributed by atoms with van der Waals surface area (Å²) in [7, 11) is -4.57. The molecule has 4 nitrogen and oxygen atoms in total. The van der Waals surface area contributed by atoms with Crippen LogP contribution in [0.15, 0.2) is 0 Å². The van der Waals surface area contributed by atoms with Crippen LogP contribution in [0.2, 0.25) is 0 Å². The molecular formula is C27H55KO4S. The van der Waals surface area contributed by atoms with Gasteiger partial charge in [-0.25, -0.2) is 8.42 Å². The van der Waals surface area contributed by atoms with Crippen molar-refractivity contribution in [3.05, 3.63) is 0 Å². The van der Waals surface area contributed by atoms with Gasteiger partial charge < -0.3 is 4.55 Å². The molecule has 0 aromatic heterocycles. The molecule has 0 heterocycles. The van der Waals surface area contributed by atoms with Gasteiger partial charge in [0.1, 0.15) is 0 Å². The van der Waals surface area contributed by atoms with Gasteiger partial charge in [0.2, 0.25) is 10.4 Å². The molecule has 0 aliphatic heterocycles. The van der Waals surface area contributed by atoms with Crippen molar-refractivity contribution >= 4 is 10.4 Å². The van der Waals surface area contributed by atoms with Crippen LogP contribution < -0.4 is 51.4 Å². The molecule has 0 aliphatic carbocycles. The topological polar surface area (TPSA) is 66.4 Å². The van der Waals surface area contributed by atoms with Crippen molar-refractivity contribution in [1.29, 1.82) is 0 Å². The molecule has 0 aromatic rings. The molecule has 0 aliphatic rings. The maximum absolute atomic E-state index is 10.8. The zero-order valence-corrected chi connectivity index (χ0v) is 26.5. The summed E-state index contributed by atoms with van der Waals surface area (Å²) in [6, 6.07) is 0. The monoisotopic (exact) mass is 514 g/mol. The van der Waals surface area contributed by atoms with E-state index in [1.807, 2.05) is 0 Å². The standard InChI is InChI=1S/C27H56O4S.K/c1-3-5-7-9-11-12-13-14-15-16-17-19-21-23-25-27(26-31-32(28,29)30)24-22-20-18-10-8-6-4-2;/h27H,3-26H2,1-2H3,(H,28,29,30);/q;+1/p-1. The molecule has 33 heavy (non-hydrogen) atoms. The molecule has 0 bridgehead atoms. The molecule has 0 rings (SSSR count). The second-order valence-corrected chi connectivity index (χ2v) is 10.9. The Kier molecular flexibility index (Phi) is 31.2. The molecule has 0 spiro atoms. The quantitative estimate of drug-likeness (QED) is 0.0606. The van der Waals surface area contributed by atoms with Gasteiger partial charge in [-0.05, 0) is 18.8 Å². The summed E-state index contributed by atoms with van der Waals surface area (Å²) >= 11 is 0. The first-order chi connectivity index (χ1) is 15.5. The van der Waals surface area contributed by atoms with Crippen LogP contribution in [0.3, 0.4) is 0 Å². The fourth-order valence-corrected chi connectivity index (χ4v) is 4.87. The summed E-state index contributed by atoms with van der Waals surface area (Å²) in [4.78, 5) is 0. The van der Waals surface area contributed by atoms with Gasteiger partial charge in [0.25, 0.3) is 0 Å². The fraction of sp³-hybridized carbons (Fsp3) is 1.00. The van der Waals surface area contributed by atoms with Crippen molar-refractivity contribution in [2.45, 2.75) is 162 Å². The Labute approximate surface area is 250 Å². The van der Waals surface area contributed by atoms with Gasteiger partial charge in [-0.1, -0.05) is 149 Å². The summed E-state index contributed by atoms with van der Waals surface area (Å²) in [5.74, 6) is 0.201. The van der Waals surface area contributed by atoms with E-state index in [4.69, 9.17) is 0 Å². The van der Waals surface area contributed by atoms with Crippen molar-refractivity contribution in [1.82, 2.24) is 0 Å². The second kappa shape index (κ2) is 28.1. The third-order valence-corrected chi connectivity index (χ3v) is 7.05. The molecule has 6 heteroatoms. The average molecular weight is 515 g/mol. The predicted octanol–water partition coefficient (Wildman–Crippen LogP) is 6.10. The minimum Gasteiger partial charge on any atom is -0.726 e. The Bertz CT molecular complexity index is 471. The predicted molar refractivity (Wildman–Crippen MR) is 137 cm³/mol. The Morgan fingerprint density at radius 2 is 0.818 bits per heavy atom. The third-order valence-electron chi connectivity index (χ3n) is 6.63. The van der Waals surface area contributed by atoms with Crippen LogP contribution in [0.25, 0.3) is 0 Å². The van der Waals surface area contributed by atoms with E-state index in [2.05, 4.69) is 18.0 Å². The second-order valence-electron chi connectivity index (χ2n) is 9.85. The molecule has 0 saturated carbocycles. The maximum atomic E-state index is 10.8.